The molecule has 1 aromatic heterocycles. The van der Waals surface area contributed by atoms with Gasteiger partial charge < -0.3 is 15.4 Å². The predicted molar refractivity (Wildman–Crippen MR) is 73.2 cm³/mol. The number of nitrogens with one attached hydrogen (secondary N) is 2. The van der Waals surface area contributed by atoms with Gasteiger partial charge in [0.05, 0.1) is 6.61 Å². The van der Waals surface area contributed by atoms with Crippen LogP contribution in [0, 0.1) is 0 Å². The fraction of sp³-hybridized carbons (Fsp3) is 0.615. The largest absolute Gasteiger partial charge is 0.478 e. The molecule has 2 heterocycles. The molecular formula is C13H22N4O. The zero-order valence-electron chi connectivity index (χ0n) is 11.0. The summed E-state index contributed by atoms with van der Waals surface area (Å²) in [5.74, 6) is 1.57. The first-order valence-electron chi connectivity index (χ1n) is 6.65. The first kappa shape index (κ1) is 13.1. The molecule has 0 bridgehead atoms. The van der Waals surface area contributed by atoms with Gasteiger partial charge in [0.15, 0.2) is 0 Å². The number of nitrogens with zero attached hydrogens (tertiary/aromatic N) is 2. The molecule has 1 saturated heterocycles. The molecule has 0 unspecified atom stereocenters. The summed E-state index contributed by atoms with van der Waals surface area (Å²) in [5.41, 5.74) is 0. The lowest BCUT2D eigenvalue weighted by molar-refractivity contribution is 0.249. The Hall–Kier alpha value is -1.33. The van der Waals surface area contributed by atoms with Crippen LogP contribution < -0.4 is 15.4 Å². The van der Waals surface area contributed by atoms with Crippen LogP contribution >= 0.6 is 0 Å². The first-order chi connectivity index (χ1) is 8.88. The number of piperazine rings is 1. The molecule has 1 aliphatic rings. The molecule has 5 heteroatoms. The summed E-state index contributed by atoms with van der Waals surface area (Å²) in [4.78, 5) is 6.84. The standard InChI is InChI=1S/C13H22N4O/c1-2-18-13-5-3-4-12(16-13)15-8-11-17-9-6-14-7-10-17/h3-5,14H,2,6-11H2,1H3,(H,15,16). The molecule has 0 radical (unpaired) electrons. The third-order valence-electron chi connectivity index (χ3n) is 2.96. The third-order valence-corrected chi connectivity index (χ3v) is 2.96. The van der Waals surface area contributed by atoms with Crippen molar-refractivity contribution in [3.8, 4) is 5.88 Å². The smallest absolute Gasteiger partial charge is 0.215 e. The fourth-order valence-corrected chi connectivity index (χ4v) is 2.02. The number of hydrogen-bond acceptors (Lipinski definition) is 5. The monoisotopic (exact) mass is 250 g/mol. The van der Waals surface area contributed by atoms with Gasteiger partial charge in [-0.25, -0.2) is 0 Å². The van der Waals surface area contributed by atoms with Gasteiger partial charge in [0, 0.05) is 45.3 Å². The van der Waals surface area contributed by atoms with Crippen molar-refractivity contribution in [3.63, 3.8) is 0 Å². The maximum absolute atomic E-state index is 5.37. The summed E-state index contributed by atoms with van der Waals surface area (Å²) in [6.45, 7) is 9.05. The Morgan fingerprint density at radius 2 is 2.22 bits per heavy atom. The molecule has 100 valence electrons. The number of hydrogen-bond donors (Lipinski definition) is 2. The SMILES string of the molecule is CCOc1cccc(NCCN2CCNCC2)n1. The van der Waals surface area contributed by atoms with E-state index in [1.807, 2.05) is 25.1 Å². The number of ether oxygens (including phenoxy) is 1. The van der Waals surface area contributed by atoms with E-state index in [9.17, 15) is 0 Å². The molecule has 2 N–H and O–H groups in total. The lowest BCUT2D eigenvalue weighted by atomic mass is 10.3. The number of rotatable bonds is 6. The van der Waals surface area contributed by atoms with E-state index in [1.54, 1.807) is 0 Å². The molecule has 18 heavy (non-hydrogen) atoms. The van der Waals surface area contributed by atoms with Crippen molar-refractivity contribution in [1.82, 2.24) is 15.2 Å². The minimum atomic E-state index is 0.650. The van der Waals surface area contributed by atoms with Crippen molar-refractivity contribution in [2.45, 2.75) is 6.92 Å². The summed E-state index contributed by atoms with van der Waals surface area (Å²) in [7, 11) is 0. The second kappa shape index (κ2) is 7.18. The topological polar surface area (TPSA) is 49.4 Å². The highest BCUT2D eigenvalue weighted by Gasteiger charge is 2.08. The van der Waals surface area contributed by atoms with E-state index < -0.39 is 0 Å². The van der Waals surface area contributed by atoms with E-state index in [1.165, 1.54) is 0 Å². The van der Waals surface area contributed by atoms with Gasteiger partial charge in [-0.3, -0.25) is 4.90 Å². The zero-order chi connectivity index (χ0) is 12.6. The zero-order valence-corrected chi connectivity index (χ0v) is 11.0. The molecule has 0 spiro atoms. The summed E-state index contributed by atoms with van der Waals surface area (Å²) >= 11 is 0. The van der Waals surface area contributed by atoms with Crippen LogP contribution in [0.4, 0.5) is 5.82 Å². The Kier molecular flexibility index (Phi) is 5.23. The first-order valence-corrected chi connectivity index (χ1v) is 6.65. The van der Waals surface area contributed by atoms with Gasteiger partial charge in [-0.2, -0.15) is 4.98 Å². The van der Waals surface area contributed by atoms with Crippen LogP contribution in [0.1, 0.15) is 6.92 Å². The van der Waals surface area contributed by atoms with Crippen molar-refractivity contribution in [2.24, 2.45) is 0 Å². The van der Waals surface area contributed by atoms with E-state index in [4.69, 9.17) is 4.74 Å². The van der Waals surface area contributed by atoms with Crippen LogP contribution in [-0.2, 0) is 0 Å². The average Bonchev–Trinajstić information content (AvgIpc) is 2.41. The molecule has 2 rings (SSSR count). The molecule has 1 fully saturated rings. The van der Waals surface area contributed by atoms with E-state index in [0.717, 1.165) is 45.1 Å². The van der Waals surface area contributed by atoms with Gasteiger partial charge >= 0.3 is 0 Å². The normalized spacial score (nSPS) is 16.5. The maximum atomic E-state index is 5.37. The van der Waals surface area contributed by atoms with Crippen molar-refractivity contribution in [2.75, 3.05) is 51.2 Å². The summed E-state index contributed by atoms with van der Waals surface area (Å²) in [5, 5.41) is 6.69. The minimum absolute atomic E-state index is 0.650. The van der Waals surface area contributed by atoms with E-state index >= 15 is 0 Å². The summed E-state index contributed by atoms with van der Waals surface area (Å²) in [6.07, 6.45) is 0. The fourth-order valence-electron chi connectivity index (χ4n) is 2.02. The highest BCUT2D eigenvalue weighted by molar-refractivity contribution is 5.36. The van der Waals surface area contributed by atoms with E-state index in [0.29, 0.717) is 12.5 Å². The van der Waals surface area contributed by atoms with Crippen LogP contribution in [0.5, 0.6) is 5.88 Å². The molecule has 1 aromatic rings. The van der Waals surface area contributed by atoms with Gasteiger partial charge in [-0.05, 0) is 13.0 Å². The number of aromatic nitrogens is 1. The Balaban J connectivity index is 1.73. The van der Waals surface area contributed by atoms with Crippen molar-refractivity contribution in [3.05, 3.63) is 18.2 Å². The minimum Gasteiger partial charge on any atom is -0.478 e. The summed E-state index contributed by atoms with van der Waals surface area (Å²) in [6, 6.07) is 5.82. The van der Waals surface area contributed by atoms with E-state index in [2.05, 4.69) is 20.5 Å². The molecule has 0 aromatic carbocycles. The predicted octanol–water partition coefficient (Wildman–Crippen LogP) is 0.797. The molecule has 0 aliphatic carbocycles. The van der Waals surface area contributed by atoms with Crippen molar-refractivity contribution in [1.29, 1.82) is 0 Å². The van der Waals surface area contributed by atoms with Gasteiger partial charge in [0.2, 0.25) is 5.88 Å². The van der Waals surface area contributed by atoms with E-state index in [-0.39, 0.29) is 0 Å². The van der Waals surface area contributed by atoms with Gasteiger partial charge in [-0.15, -0.1) is 0 Å². The second-order valence-electron chi connectivity index (χ2n) is 4.31. The van der Waals surface area contributed by atoms with Crippen molar-refractivity contribution < 1.29 is 4.74 Å². The molecule has 1 aliphatic heterocycles. The molecule has 0 amide bonds. The Morgan fingerprint density at radius 3 is 3.00 bits per heavy atom. The quantitative estimate of drug-likeness (QED) is 0.782. The van der Waals surface area contributed by atoms with Gasteiger partial charge in [0.1, 0.15) is 5.82 Å². The highest BCUT2D eigenvalue weighted by atomic mass is 16.5. The second-order valence-corrected chi connectivity index (χ2v) is 4.31. The molecular weight excluding hydrogens is 228 g/mol. The molecule has 0 atom stereocenters. The van der Waals surface area contributed by atoms with Gasteiger partial charge in [0.25, 0.3) is 0 Å². The summed E-state index contributed by atoms with van der Waals surface area (Å²) < 4.78 is 5.37. The van der Waals surface area contributed by atoms with Gasteiger partial charge in [-0.1, -0.05) is 6.07 Å². The van der Waals surface area contributed by atoms with Crippen LogP contribution in [0.25, 0.3) is 0 Å². The lowest BCUT2D eigenvalue weighted by Gasteiger charge is -2.27. The average molecular weight is 250 g/mol. The number of anilines is 1. The Bertz CT molecular complexity index is 353. The molecule has 0 saturated carbocycles. The number of pyridine rings is 1. The maximum Gasteiger partial charge on any atom is 0.215 e. The van der Waals surface area contributed by atoms with Crippen molar-refractivity contribution >= 4 is 5.82 Å². The van der Waals surface area contributed by atoms with Crippen LogP contribution in [-0.4, -0.2) is 55.8 Å². The lowest BCUT2D eigenvalue weighted by Crippen LogP contribution is -2.45. The van der Waals surface area contributed by atoms with Crippen LogP contribution in [0.15, 0.2) is 18.2 Å². The Morgan fingerprint density at radius 1 is 1.39 bits per heavy atom. The third kappa shape index (κ3) is 4.16. The molecule has 5 nitrogen and oxygen atoms in total. The highest BCUT2D eigenvalue weighted by Crippen LogP contribution is 2.10. The Labute approximate surface area is 109 Å². The van der Waals surface area contributed by atoms with Crippen LogP contribution in [0.2, 0.25) is 0 Å². The van der Waals surface area contributed by atoms with Crippen LogP contribution in [0.3, 0.4) is 0 Å².